The summed E-state index contributed by atoms with van der Waals surface area (Å²) in [7, 11) is -8.05. The molecule has 0 saturated heterocycles. The highest BCUT2D eigenvalue weighted by Crippen LogP contribution is 2.50. The number of rotatable bonds is 6. The van der Waals surface area contributed by atoms with Gasteiger partial charge in [0.2, 0.25) is 20.0 Å². The fourth-order valence-corrected chi connectivity index (χ4v) is 10.1. The van der Waals surface area contributed by atoms with Crippen LogP contribution in [0, 0.1) is 13.8 Å². The SMILES string of the molecule is CC1=CC2(CN(S(=O)(=O)c3ccc(C)cc3)Cc3c2c2ccccc2n3Cc2ccccc2)N(S(=O)(=O)c2ccc(C)cc2)C1. The Hall–Kier alpha value is -4.02. The summed E-state index contributed by atoms with van der Waals surface area (Å²) in [6.45, 7) is 6.49. The fourth-order valence-electron chi connectivity index (χ4n) is 6.90. The molecular weight excluding hydrogens is 603 g/mol. The number of aromatic nitrogens is 1. The van der Waals surface area contributed by atoms with E-state index in [1.165, 1.54) is 8.61 Å². The molecule has 45 heavy (non-hydrogen) atoms. The van der Waals surface area contributed by atoms with Gasteiger partial charge in [0.25, 0.3) is 0 Å². The van der Waals surface area contributed by atoms with E-state index < -0.39 is 25.6 Å². The molecule has 5 aromatic rings. The highest BCUT2D eigenvalue weighted by atomic mass is 32.2. The van der Waals surface area contributed by atoms with Gasteiger partial charge >= 0.3 is 0 Å². The molecule has 1 atom stereocenters. The molecule has 9 heteroatoms. The van der Waals surface area contributed by atoms with E-state index in [4.69, 9.17) is 0 Å². The summed E-state index contributed by atoms with van der Waals surface area (Å²) >= 11 is 0. The molecule has 0 bridgehead atoms. The predicted octanol–water partition coefficient (Wildman–Crippen LogP) is 6.36. The Bertz CT molecular complexity index is 2170. The average molecular weight is 638 g/mol. The van der Waals surface area contributed by atoms with E-state index in [2.05, 4.69) is 4.57 Å². The number of benzene rings is 4. The van der Waals surface area contributed by atoms with Gasteiger partial charge in [0, 0.05) is 41.8 Å². The van der Waals surface area contributed by atoms with Crippen LogP contribution in [0.5, 0.6) is 0 Å². The van der Waals surface area contributed by atoms with Crippen LogP contribution in [-0.2, 0) is 38.7 Å². The lowest BCUT2D eigenvalue weighted by Crippen LogP contribution is -2.56. The summed E-state index contributed by atoms with van der Waals surface area (Å²) in [6, 6.07) is 31.7. The summed E-state index contributed by atoms with van der Waals surface area (Å²) in [5.74, 6) is 0. The van der Waals surface area contributed by atoms with Crippen molar-refractivity contribution in [1.82, 2.24) is 13.2 Å². The zero-order chi connectivity index (χ0) is 31.6. The number of aryl methyl sites for hydroxylation is 2. The zero-order valence-corrected chi connectivity index (χ0v) is 27.1. The van der Waals surface area contributed by atoms with E-state index >= 15 is 0 Å². The molecule has 0 aliphatic carbocycles. The van der Waals surface area contributed by atoms with Crippen LogP contribution in [0.3, 0.4) is 0 Å². The van der Waals surface area contributed by atoms with Crippen LogP contribution in [0.25, 0.3) is 10.9 Å². The monoisotopic (exact) mass is 637 g/mol. The number of para-hydroxylation sites is 1. The Morgan fingerprint density at radius 1 is 0.667 bits per heavy atom. The molecule has 0 radical (unpaired) electrons. The van der Waals surface area contributed by atoms with Crippen molar-refractivity contribution >= 4 is 30.9 Å². The van der Waals surface area contributed by atoms with Gasteiger partial charge in [0.1, 0.15) is 0 Å². The van der Waals surface area contributed by atoms with Crippen LogP contribution in [0.1, 0.15) is 34.9 Å². The van der Waals surface area contributed by atoms with Gasteiger partial charge in [-0.05, 0) is 56.7 Å². The van der Waals surface area contributed by atoms with Crippen molar-refractivity contribution in [2.24, 2.45) is 0 Å². The fraction of sp³-hybridized carbons (Fsp3) is 0.222. The highest BCUT2D eigenvalue weighted by molar-refractivity contribution is 7.89. The summed E-state index contributed by atoms with van der Waals surface area (Å²) in [5, 5.41) is 0.922. The van der Waals surface area contributed by atoms with E-state index in [1.807, 2.05) is 81.4 Å². The molecule has 7 nitrogen and oxygen atoms in total. The maximum Gasteiger partial charge on any atom is 0.244 e. The quantitative estimate of drug-likeness (QED) is 0.203. The molecular formula is C36H35N3O4S2. The lowest BCUT2D eigenvalue weighted by atomic mass is 9.85. The minimum absolute atomic E-state index is 0.0437. The lowest BCUT2D eigenvalue weighted by Gasteiger charge is -2.44. The van der Waals surface area contributed by atoms with Crippen molar-refractivity contribution in [3.63, 3.8) is 0 Å². The van der Waals surface area contributed by atoms with Crippen LogP contribution in [0.2, 0.25) is 0 Å². The first-order valence-electron chi connectivity index (χ1n) is 15.0. The number of nitrogens with zero attached hydrogens (tertiary/aromatic N) is 3. The van der Waals surface area contributed by atoms with Gasteiger partial charge in [0.05, 0.1) is 21.9 Å². The number of sulfonamides is 2. The van der Waals surface area contributed by atoms with Crippen LogP contribution in [0.4, 0.5) is 0 Å². The van der Waals surface area contributed by atoms with Crippen molar-refractivity contribution in [2.45, 2.75) is 49.2 Å². The van der Waals surface area contributed by atoms with Gasteiger partial charge in [-0.3, -0.25) is 0 Å². The maximum absolute atomic E-state index is 14.6. The second-order valence-corrected chi connectivity index (χ2v) is 16.0. The predicted molar refractivity (Wildman–Crippen MR) is 177 cm³/mol. The van der Waals surface area contributed by atoms with Gasteiger partial charge < -0.3 is 4.57 Å². The Labute approximate surface area is 265 Å². The highest BCUT2D eigenvalue weighted by Gasteiger charge is 2.55. The molecule has 1 aromatic heterocycles. The third-order valence-corrected chi connectivity index (χ3v) is 12.7. The van der Waals surface area contributed by atoms with Crippen LogP contribution in [0.15, 0.2) is 125 Å². The second kappa shape index (κ2) is 10.8. The maximum atomic E-state index is 14.6. The van der Waals surface area contributed by atoms with Gasteiger partial charge in [-0.15, -0.1) is 0 Å². The largest absolute Gasteiger partial charge is 0.338 e. The molecule has 3 heterocycles. The Balaban J connectivity index is 1.50. The standard InChI is InChI=1S/C36H35N3O4S2/c1-26-13-17-30(18-14-26)44(40,41)37-24-34-35(32-11-7-8-12-33(32)38(34)23-29-9-5-4-6-10-29)36(25-37)21-28(3)22-39(36)45(42,43)31-19-15-27(2)16-20-31/h4-21H,22-25H2,1-3H3. The first kappa shape index (κ1) is 29.7. The molecule has 230 valence electrons. The van der Waals surface area contributed by atoms with Crippen LogP contribution in [-0.4, -0.2) is 43.1 Å². The molecule has 4 aromatic carbocycles. The van der Waals surface area contributed by atoms with E-state index in [0.717, 1.165) is 44.4 Å². The zero-order valence-electron chi connectivity index (χ0n) is 25.5. The molecule has 7 rings (SSSR count). The second-order valence-electron chi connectivity index (χ2n) is 12.2. The average Bonchev–Trinajstić information content (AvgIpc) is 3.53. The minimum Gasteiger partial charge on any atom is -0.338 e. The van der Waals surface area contributed by atoms with Crippen molar-refractivity contribution < 1.29 is 16.8 Å². The molecule has 0 N–H and O–H groups in total. The first-order valence-corrected chi connectivity index (χ1v) is 17.9. The summed E-state index contributed by atoms with van der Waals surface area (Å²) in [6.07, 6.45) is 1.98. The van der Waals surface area contributed by atoms with E-state index in [9.17, 15) is 16.8 Å². The molecule has 2 aliphatic heterocycles. The van der Waals surface area contributed by atoms with E-state index in [0.29, 0.717) is 6.54 Å². The third-order valence-electron chi connectivity index (χ3n) is 9.03. The lowest BCUT2D eigenvalue weighted by molar-refractivity contribution is 0.198. The molecule has 1 spiro atoms. The molecule has 1 unspecified atom stereocenters. The van der Waals surface area contributed by atoms with E-state index in [1.54, 1.807) is 48.5 Å². The summed E-state index contributed by atoms with van der Waals surface area (Å²) in [5.41, 5.74) is 5.15. The minimum atomic E-state index is -4.05. The van der Waals surface area contributed by atoms with Gasteiger partial charge in [-0.2, -0.15) is 8.61 Å². The van der Waals surface area contributed by atoms with Crippen molar-refractivity contribution in [1.29, 1.82) is 0 Å². The molecule has 0 saturated carbocycles. The van der Waals surface area contributed by atoms with Gasteiger partial charge in [-0.25, -0.2) is 16.8 Å². The van der Waals surface area contributed by atoms with Gasteiger partial charge in [0.15, 0.2) is 0 Å². The Morgan fingerprint density at radius 3 is 1.89 bits per heavy atom. The Morgan fingerprint density at radius 2 is 1.24 bits per heavy atom. The summed E-state index contributed by atoms with van der Waals surface area (Å²) < 4.78 is 63.1. The van der Waals surface area contributed by atoms with Crippen molar-refractivity contribution in [3.8, 4) is 0 Å². The number of hydrogen-bond donors (Lipinski definition) is 0. The van der Waals surface area contributed by atoms with Crippen molar-refractivity contribution in [2.75, 3.05) is 13.1 Å². The smallest absolute Gasteiger partial charge is 0.244 e. The third kappa shape index (κ3) is 4.86. The van der Waals surface area contributed by atoms with E-state index in [-0.39, 0.29) is 29.4 Å². The summed E-state index contributed by atoms with van der Waals surface area (Å²) in [4.78, 5) is 0.368. The first-order chi connectivity index (χ1) is 21.5. The molecule has 0 amide bonds. The van der Waals surface area contributed by atoms with Crippen LogP contribution >= 0.6 is 0 Å². The normalized spacial score (nSPS) is 19.2. The Kier molecular flexibility index (Phi) is 7.13. The number of hydrogen-bond acceptors (Lipinski definition) is 4. The molecule has 2 aliphatic rings. The van der Waals surface area contributed by atoms with Crippen LogP contribution < -0.4 is 0 Å². The number of fused-ring (bicyclic) bond motifs is 4. The van der Waals surface area contributed by atoms with Crippen molar-refractivity contribution in [3.05, 3.63) is 143 Å². The molecule has 0 fully saturated rings. The topological polar surface area (TPSA) is 79.7 Å². The van der Waals surface area contributed by atoms with Gasteiger partial charge in [-0.1, -0.05) is 95.6 Å².